The number of urea groups is 1. The summed E-state index contributed by atoms with van der Waals surface area (Å²) in [7, 11) is 0. The van der Waals surface area contributed by atoms with Crippen molar-refractivity contribution in [2.75, 3.05) is 32.8 Å². The van der Waals surface area contributed by atoms with E-state index < -0.39 is 6.03 Å². The van der Waals surface area contributed by atoms with Gasteiger partial charge in [0.15, 0.2) is 0 Å². The molecule has 1 saturated heterocycles. The van der Waals surface area contributed by atoms with Gasteiger partial charge in [-0.3, -0.25) is 15.0 Å². The molecule has 0 saturated carbocycles. The Morgan fingerprint density at radius 2 is 2.16 bits per heavy atom. The van der Waals surface area contributed by atoms with Gasteiger partial charge in [-0.25, -0.2) is 4.79 Å². The summed E-state index contributed by atoms with van der Waals surface area (Å²) in [5.41, 5.74) is 0. The van der Waals surface area contributed by atoms with Crippen molar-refractivity contribution in [3.8, 4) is 0 Å². The van der Waals surface area contributed by atoms with Gasteiger partial charge in [0.1, 0.15) is 0 Å². The minimum absolute atomic E-state index is 0.161. The van der Waals surface area contributed by atoms with Gasteiger partial charge < -0.3 is 10.4 Å². The van der Waals surface area contributed by atoms with Crippen molar-refractivity contribution in [3.63, 3.8) is 0 Å². The van der Waals surface area contributed by atoms with Crippen LogP contribution < -0.4 is 10.6 Å². The third-order valence-corrected chi connectivity index (χ3v) is 3.26. The zero-order valence-corrected chi connectivity index (χ0v) is 11.8. The Bertz CT molecular complexity index is 308. The van der Waals surface area contributed by atoms with Crippen LogP contribution >= 0.6 is 0 Å². The van der Waals surface area contributed by atoms with Crippen LogP contribution in [-0.2, 0) is 4.79 Å². The van der Waals surface area contributed by atoms with E-state index >= 15 is 0 Å². The zero-order valence-electron chi connectivity index (χ0n) is 11.8. The molecule has 0 aromatic carbocycles. The van der Waals surface area contributed by atoms with Gasteiger partial charge in [0.2, 0.25) is 5.91 Å². The molecule has 0 aromatic heterocycles. The largest absolute Gasteiger partial charge is 0.396 e. The highest BCUT2D eigenvalue weighted by molar-refractivity contribution is 5.95. The van der Waals surface area contributed by atoms with E-state index in [-0.39, 0.29) is 25.0 Å². The summed E-state index contributed by atoms with van der Waals surface area (Å²) in [4.78, 5) is 25.0. The first-order chi connectivity index (χ1) is 9.01. The number of imide groups is 1. The maximum Gasteiger partial charge on any atom is 0.321 e. The fourth-order valence-electron chi connectivity index (χ4n) is 2.09. The predicted octanol–water partition coefficient (Wildman–Crippen LogP) is 0.173. The quantitative estimate of drug-likeness (QED) is 0.643. The smallest absolute Gasteiger partial charge is 0.321 e. The molecule has 3 N–H and O–H groups in total. The molecule has 19 heavy (non-hydrogen) atoms. The highest BCUT2D eigenvalue weighted by Crippen LogP contribution is 2.14. The second kappa shape index (κ2) is 8.12. The Hall–Kier alpha value is -1.14. The molecule has 1 aliphatic rings. The van der Waals surface area contributed by atoms with Crippen molar-refractivity contribution in [2.45, 2.75) is 26.7 Å². The number of amides is 3. The molecule has 6 heteroatoms. The number of hydrogen-bond donors (Lipinski definition) is 3. The predicted molar refractivity (Wildman–Crippen MR) is 72.6 cm³/mol. The van der Waals surface area contributed by atoms with E-state index in [1.165, 1.54) is 0 Å². The maximum atomic E-state index is 11.6. The molecule has 1 rings (SSSR count). The Balaban J connectivity index is 2.15. The van der Waals surface area contributed by atoms with Crippen LogP contribution in [0.3, 0.4) is 0 Å². The summed E-state index contributed by atoms with van der Waals surface area (Å²) in [6, 6.07) is -0.427. The number of hydrogen-bond acceptors (Lipinski definition) is 4. The molecule has 1 heterocycles. The van der Waals surface area contributed by atoms with Crippen molar-refractivity contribution < 1.29 is 14.7 Å². The van der Waals surface area contributed by atoms with E-state index in [0.29, 0.717) is 12.5 Å². The van der Waals surface area contributed by atoms with E-state index in [1.807, 2.05) is 4.90 Å². The standard InChI is InChI=1S/C13H25N3O3/c1-10(2)3-5-14-13(19)15-12(18)8-16-6-4-11(7-16)9-17/h10-11,17H,3-9H2,1-2H3,(H2,14,15,18,19). The molecule has 1 unspecified atom stereocenters. The molecule has 0 spiro atoms. The molecule has 1 fully saturated rings. The van der Waals surface area contributed by atoms with Gasteiger partial charge in [-0.2, -0.15) is 0 Å². The molecular formula is C13H25N3O3. The van der Waals surface area contributed by atoms with E-state index in [9.17, 15) is 9.59 Å². The van der Waals surface area contributed by atoms with Crippen molar-refractivity contribution in [1.82, 2.24) is 15.5 Å². The van der Waals surface area contributed by atoms with Crippen molar-refractivity contribution in [1.29, 1.82) is 0 Å². The lowest BCUT2D eigenvalue weighted by Gasteiger charge is -2.15. The molecular weight excluding hydrogens is 246 g/mol. The van der Waals surface area contributed by atoms with Crippen LogP contribution in [0, 0.1) is 11.8 Å². The minimum atomic E-state index is -0.427. The third kappa shape index (κ3) is 6.54. The molecule has 0 aromatic rings. The lowest BCUT2D eigenvalue weighted by atomic mass is 10.1. The van der Waals surface area contributed by atoms with Gasteiger partial charge in [-0.05, 0) is 31.2 Å². The Labute approximate surface area is 114 Å². The highest BCUT2D eigenvalue weighted by Gasteiger charge is 2.23. The van der Waals surface area contributed by atoms with Gasteiger partial charge in [0.05, 0.1) is 6.54 Å². The van der Waals surface area contributed by atoms with Crippen molar-refractivity contribution in [2.24, 2.45) is 11.8 Å². The normalized spacial score (nSPS) is 19.7. The van der Waals surface area contributed by atoms with Crippen LogP contribution in [0.5, 0.6) is 0 Å². The first-order valence-corrected chi connectivity index (χ1v) is 6.92. The number of nitrogens with one attached hydrogen (secondary N) is 2. The number of rotatable bonds is 6. The van der Waals surface area contributed by atoms with Crippen LogP contribution in [-0.4, -0.2) is 54.7 Å². The fourth-order valence-corrected chi connectivity index (χ4v) is 2.09. The maximum absolute atomic E-state index is 11.6. The van der Waals surface area contributed by atoms with Gasteiger partial charge in [-0.15, -0.1) is 0 Å². The first kappa shape index (κ1) is 15.9. The van der Waals surface area contributed by atoms with Crippen LogP contribution in [0.2, 0.25) is 0 Å². The summed E-state index contributed by atoms with van der Waals surface area (Å²) < 4.78 is 0. The number of aliphatic hydroxyl groups excluding tert-OH is 1. The number of nitrogens with zero attached hydrogens (tertiary/aromatic N) is 1. The zero-order chi connectivity index (χ0) is 14.3. The van der Waals surface area contributed by atoms with E-state index in [1.54, 1.807) is 0 Å². The molecule has 110 valence electrons. The Kier molecular flexibility index (Phi) is 6.80. The molecule has 0 bridgehead atoms. The summed E-state index contributed by atoms with van der Waals surface area (Å²) in [6.07, 6.45) is 1.80. The number of carbonyl (C=O) groups excluding carboxylic acids is 2. The number of carbonyl (C=O) groups is 2. The van der Waals surface area contributed by atoms with Crippen LogP contribution in [0.25, 0.3) is 0 Å². The highest BCUT2D eigenvalue weighted by atomic mass is 16.3. The molecule has 6 nitrogen and oxygen atoms in total. The average molecular weight is 271 g/mol. The van der Waals surface area contributed by atoms with Crippen molar-refractivity contribution in [3.05, 3.63) is 0 Å². The number of likely N-dealkylation sites (tertiary alicyclic amines) is 1. The van der Waals surface area contributed by atoms with E-state index in [4.69, 9.17) is 5.11 Å². The Morgan fingerprint density at radius 1 is 1.42 bits per heavy atom. The van der Waals surface area contributed by atoms with Crippen LogP contribution in [0.15, 0.2) is 0 Å². The topological polar surface area (TPSA) is 81.7 Å². The van der Waals surface area contributed by atoms with Crippen molar-refractivity contribution >= 4 is 11.9 Å². The molecule has 0 aliphatic carbocycles. The second-order valence-corrected chi connectivity index (χ2v) is 5.56. The van der Waals surface area contributed by atoms with E-state index in [2.05, 4.69) is 24.5 Å². The summed E-state index contributed by atoms with van der Waals surface area (Å²) in [5, 5.41) is 14.0. The molecule has 1 aliphatic heterocycles. The summed E-state index contributed by atoms with van der Waals surface area (Å²) in [6.45, 7) is 6.63. The van der Waals surface area contributed by atoms with Crippen LogP contribution in [0.1, 0.15) is 26.7 Å². The van der Waals surface area contributed by atoms with Gasteiger partial charge >= 0.3 is 6.03 Å². The molecule has 0 radical (unpaired) electrons. The molecule has 3 amide bonds. The average Bonchev–Trinajstić information content (AvgIpc) is 2.75. The van der Waals surface area contributed by atoms with Gasteiger partial charge in [0.25, 0.3) is 0 Å². The van der Waals surface area contributed by atoms with Crippen LogP contribution in [0.4, 0.5) is 4.79 Å². The SMILES string of the molecule is CC(C)CCNC(=O)NC(=O)CN1CCC(CO)C1. The lowest BCUT2D eigenvalue weighted by Crippen LogP contribution is -2.44. The minimum Gasteiger partial charge on any atom is -0.396 e. The fraction of sp³-hybridized carbons (Fsp3) is 0.846. The number of aliphatic hydroxyl groups is 1. The summed E-state index contributed by atoms with van der Waals surface area (Å²) >= 11 is 0. The molecule has 1 atom stereocenters. The first-order valence-electron chi connectivity index (χ1n) is 6.92. The summed E-state index contributed by atoms with van der Waals surface area (Å²) in [5.74, 6) is 0.490. The lowest BCUT2D eigenvalue weighted by molar-refractivity contribution is -0.121. The van der Waals surface area contributed by atoms with Gasteiger partial charge in [0, 0.05) is 19.7 Å². The Morgan fingerprint density at radius 3 is 2.74 bits per heavy atom. The second-order valence-electron chi connectivity index (χ2n) is 5.56. The van der Waals surface area contributed by atoms with E-state index in [0.717, 1.165) is 25.9 Å². The monoisotopic (exact) mass is 271 g/mol. The third-order valence-electron chi connectivity index (χ3n) is 3.26. The van der Waals surface area contributed by atoms with Gasteiger partial charge in [-0.1, -0.05) is 13.8 Å².